The molecule has 0 radical (unpaired) electrons. The van der Waals surface area contributed by atoms with E-state index in [1.807, 2.05) is 6.07 Å². The molecule has 216 valence electrons. The fourth-order valence-electron chi connectivity index (χ4n) is 4.81. The van der Waals surface area contributed by atoms with Crippen molar-refractivity contribution in [2.45, 2.75) is 71.0 Å². The summed E-state index contributed by atoms with van der Waals surface area (Å²) >= 11 is 0. The Morgan fingerprint density at radius 3 is 2.40 bits per heavy atom. The second-order valence-corrected chi connectivity index (χ2v) is 10.9. The van der Waals surface area contributed by atoms with Crippen LogP contribution in [0, 0.1) is 23.2 Å². The molecule has 0 unspecified atom stereocenters. The van der Waals surface area contributed by atoms with E-state index in [1.165, 1.54) is 38.0 Å². The molecule has 1 N–H and O–H groups in total. The first-order valence-corrected chi connectivity index (χ1v) is 13.1. The first kappa shape index (κ1) is 30.9. The summed E-state index contributed by atoms with van der Waals surface area (Å²) < 4.78 is 52.4. The Bertz CT molecular complexity index is 1280. The van der Waals surface area contributed by atoms with Crippen molar-refractivity contribution in [2.75, 3.05) is 18.6 Å². The molecule has 1 aliphatic carbocycles. The lowest BCUT2D eigenvalue weighted by molar-refractivity contribution is -0.139. The van der Waals surface area contributed by atoms with Gasteiger partial charge < -0.3 is 19.5 Å². The first-order valence-electron chi connectivity index (χ1n) is 13.1. The fraction of sp³-hybridized carbons (Fsp3) is 0.517. The van der Waals surface area contributed by atoms with Gasteiger partial charge in [-0.05, 0) is 82.2 Å². The molecule has 0 saturated heterocycles. The number of aromatic carboxylic acids is 1. The average Bonchev–Trinajstić information content (AvgIpc) is 2.89. The zero-order chi connectivity index (χ0) is 29.8. The van der Waals surface area contributed by atoms with Crippen molar-refractivity contribution in [3.05, 3.63) is 47.2 Å². The highest BCUT2D eigenvalue weighted by atomic mass is 19.4. The van der Waals surface area contributed by atoms with Crippen molar-refractivity contribution in [1.82, 2.24) is 4.98 Å². The number of pyridine rings is 1. The minimum Gasteiger partial charge on any atom is -0.478 e. The smallest absolute Gasteiger partial charge is 0.421 e. The first-order chi connectivity index (χ1) is 18.7. The van der Waals surface area contributed by atoms with Crippen LogP contribution in [0.2, 0.25) is 0 Å². The number of nitrogens with zero attached hydrogens (tertiary/aromatic N) is 3. The molecule has 3 rings (SSSR count). The monoisotopic (exact) mass is 561 g/mol. The van der Waals surface area contributed by atoms with Crippen LogP contribution in [-0.4, -0.2) is 41.7 Å². The second kappa shape index (κ2) is 12.3. The Hall–Kier alpha value is -3.65. The van der Waals surface area contributed by atoms with Gasteiger partial charge in [-0.3, -0.25) is 4.79 Å². The van der Waals surface area contributed by atoms with E-state index >= 15 is 0 Å². The van der Waals surface area contributed by atoms with Crippen LogP contribution < -0.4 is 9.64 Å². The lowest BCUT2D eigenvalue weighted by Crippen LogP contribution is -2.46. The van der Waals surface area contributed by atoms with E-state index < -0.39 is 35.0 Å². The molecule has 1 aromatic heterocycles. The van der Waals surface area contributed by atoms with E-state index in [1.54, 1.807) is 6.92 Å². The molecule has 8 nitrogen and oxygen atoms in total. The van der Waals surface area contributed by atoms with Gasteiger partial charge in [0.1, 0.15) is 11.3 Å². The van der Waals surface area contributed by atoms with Crippen LogP contribution in [0.15, 0.2) is 30.5 Å². The molecule has 1 atom stereocenters. The molecule has 1 heterocycles. The molecule has 0 aliphatic heterocycles. The number of carbonyl (C=O) groups excluding carboxylic acids is 1. The Kier molecular flexibility index (Phi) is 9.46. The number of nitriles is 1. The highest BCUT2D eigenvalue weighted by Crippen LogP contribution is 2.40. The summed E-state index contributed by atoms with van der Waals surface area (Å²) in [5.74, 6) is -2.35. The molecule has 1 aromatic carbocycles. The quantitative estimate of drug-likeness (QED) is 0.368. The van der Waals surface area contributed by atoms with Crippen molar-refractivity contribution < 1.29 is 37.3 Å². The fourth-order valence-corrected chi connectivity index (χ4v) is 4.81. The lowest BCUT2D eigenvalue weighted by atomic mass is 9.82. The van der Waals surface area contributed by atoms with Crippen molar-refractivity contribution >= 4 is 17.6 Å². The standard InChI is InChI=1S/C29H34F3N3O5/c1-17-6-8-19(9-7-17)26(36)35(18(2)15-39-5)24-11-10-21(13-22(24)27(37)38)40-25-23(29(30,31)32)12-20(14-34-25)28(3,4)16-33/h10-14,17-19H,6-9,15H2,1-5H3,(H,37,38)/t17-,18-,19-/m0/s1. The maximum absolute atomic E-state index is 13.9. The number of hydrogen-bond donors (Lipinski definition) is 1. The third kappa shape index (κ3) is 6.91. The van der Waals surface area contributed by atoms with Gasteiger partial charge in [0.2, 0.25) is 11.8 Å². The van der Waals surface area contributed by atoms with E-state index in [0.29, 0.717) is 18.8 Å². The third-order valence-corrected chi connectivity index (χ3v) is 7.28. The number of carbonyl (C=O) groups is 2. The number of amides is 1. The summed E-state index contributed by atoms with van der Waals surface area (Å²) in [6.45, 7) is 6.95. The zero-order valence-electron chi connectivity index (χ0n) is 23.2. The van der Waals surface area contributed by atoms with Gasteiger partial charge in [-0.2, -0.15) is 18.4 Å². The number of ether oxygens (including phenoxy) is 2. The van der Waals surface area contributed by atoms with Gasteiger partial charge in [-0.1, -0.05) is 6.92 Å². The lowest BCUT2D eigenvalue weighted by Gasteiger charge is -2.35. The minimum atomic E-state index is -4.85. The van der Waals surface area contributed by atoms with Gasteiger partial charge in [0, 0.05) is 19.2 Å². The number of benzene rings is 1. The van der Waals surface area contributed by atoms with Crippen LogP contribution in [0.1, 0.15) is 74.9 Å². The van der Waals surface area contributed by atoms with Crippen LogP contribution in [0.25, 0.3) is 0 Å². The summed E-state index contributed by atoms with van der Waals surface area (Å²) in [7, 11) is 1.48. The third-order valence-electron chi connectivity index (χ3n) is 7.28. The Morgan fingerprint density at radius 1 is 1.20 bits per heavy atom. The molecule has 1 amide bonds. The zero-order valence-corrected chi connectivity index (χ0v) is 23.2. The maximum Gasteiger partial charge on any atom is 0.421 e. The predicted octanol–water partition coefficient (Wildman–Crippen LogP) is 6.59. The van der Waals surface area contributed by atoms with Gasteiger partial charge in [0.15, 0.2) is 0 Å². The number of alkyl halides is 3. The van der Waals surface area contributed by atoms with Crippen molar-refractivity contribution in [3.63, 3.8) is 0 Å². The van der Waals surface area contributed by atoms with Gasteiger partial charge in [0.05, 0.1) is 35.4 Å². The van der Waals surface area contributed by atoms with Crippen LogP contribution in [-0.2, 0) is 21.1 Å². The second-order valence-electron chi connectivity index (χ2n) is 10.9. The maximum atomic E-state index is 13.9. The number of carboxylic acid groups (broad SMARTS) is 1. The topological polar surface area (TPSA) is 113 Å². The van der Waals surface area contributed by atoms with E-state index in [0.717, 1.165) is 31.2 Å². The number of anilines is 1. The van der Waals surface area contributed by atoms with Crippen LogP contribution in [0.5, 0.6) is 11.6 Å². The highest BCUT2D eigenvalue weighted by molar-refractivity contribution is 6.03. The number of hydrogen-bond acceptors (Lipinski definition) is 6. The minimum absolute atomic E-state index is 0.0506. The summed E-state index contributed by atoms with van der Waals surface area (Å²) in [5.41, 5.74) is -2.59. The molecule has 0 spiro atoms. The van der Waals surface area contributed by atoms with Gasteiger partial charge in [-0.15, -0.1) is 0 Å². The Labute approximate surface area is 231 Å². The molecule has 1 fully saturated rings. The summed E-state index contributed by atoms with van der Waals surface area (Å²) in [4.78, 5) is 31.2. The number of aromatic nitrogens is 1. The number of carboxylic acids is 1. The Balaban J connectivity index is 2.04. The molecule has 2 aromatic rings. The van der Waals surface area contributed by atoms with E-state index in [-0.39, 0.29) is 41.0 Å². The van der Waals surface area contributed by atoms with Crippen LogP contribution in [0.4, 0.5) is 18.9 Å². The van der Waals surface area contributed by atoms with Crippen molar-refractivity contribution in [3.8, 4) is 17.7 Å². The summed E-state index contributed by atoms with van der Waals surface area (Å²) in [5, 5.41) is 19.4. The number of rotatable bonds is 9. The van der Waals surface area contributed by atoms with E-state index in [4.69, 9.17) is 9.47 Å². The molecule has 1 aliphatic rings. The number of methoxy groups -OCH3 is 1. The molecule has 40 heavy (non-hydrogen) atoms. The molecule has 11 heteroatoms. The predicted molar refractivity (Wildman–Crippen MR) is 141 cm³/mol. The van der Waals surface area contributed by atoms with E-state index in [9.17, 15) is 33.1 Å². The molecular formula is C29H34F3N3O5. The normalized spacial score (nSPS) is 18.5. The SMILES string of the molecule is COC[C@H](C)N(c1ccc(Oc2ncc(C(C)(C)C#N)cc2C(F)(F)F)cc1C(=O)O)C(=O)[C@H]1CC[C@H](C)CC1. The van der Waals surface area contributed by atoms with Crippen LogP contribution >= 0.6 is 0 Å². The van der Waals surface area contributed by atoms with Gasteiger partial charge >= 0.3 is 12.1 Å². The highest BCUT2D eigenvalue weighted by Gasteiger charge is 2.38. The van der Waals surface area contributed by atoms with Crippen molar-refractivity contribution in [1.29, 1.82) is 5.26 Å². The largest absolute Gasteiger partial charge is 0.478 e. The Morgan fingerprint density at radius 2 is 1.85 bits per heavy atom. The summed E-state index contributed by atoms with van der Waals surface area (Å²) in [6, 6.07) is 5.98. The number of halogens is 3. The molecular weight excluding hydrogens is 527 g/mol. The van der Waals surface area contributed by atoms with Crippen LogP contribution in [0.3, 0.4) is 0 Å². The molecule has 1 saturated carbocycles. The van der Waals surface area contributed by atoms with Crippen molar-refractivity contribution in [2.24, 2.45) is 11.8 Å². The average molecular weight is 562 g/mol. The van der Waals surface area contributed by atoms with Gasteiger partial charge in [0.25, 0.3) is 0 Å². The molecule has 0 bridgehead atoms. The van der Waals surface area contributed by atoms with Gasteiger partial charge in [-0.25, -0.2) is 9.78 Å². The van der Waals surface area contributed by atoms with E-state index in [2.05, 4.69) is 11.9 Å². The summed E-state index contributed by atoms with van der Waals surface area (Å²) in [6.07, 6.45) is -0.580.